The van der Waals surface area contributed by atoms with Gasteiger partial charge in [-0.05, 0) is 80.4 Å². The van der Waals surface area contributed by atoms with Crippen molar-refractivity contribution in [2.75, 3.05) is 4.90 Å². The number of hydrogen-bond acceptors (Lipinski definition) is 2. The SMILES string of the molecule is CC1(C)c2ccccc2-c2ccc(N(c3ccccc3-c3cccc4c3-c3ccccc3C4(C)C)c3cccc4c3oc3ccccc34)cc21. The molecule has 0 amide bonds. The number of nitrogens with zero attached hydrogens (tertiary/aromatic N) is 1. The van der Waals surface area contributed by atoms with Gasteiger partial charge in [-0.2, -0.15) is 0 Å². The van der Waals surface area contributed by atoms with E-state index in [1.807, 2.05) is 6.07 Å². The van der Waals surface area contributed by atoms with Gasteiger partial charge in [0.15, 0.2) is 5.58 Å². The first-order valence-corrected chi connectivity index (χ1v) is 17.6. The van der Waals surface area contributed by atoms with Crippen molar-refractivity contribution in [3.8, 4) is 33.4 Å². The summed E-state index contributed by atoms with van der Waals surface area (Å²) in [6, 6.07) is 55.5. The van der Waals surface area contributed by atoms with Crippen molar-refractivity contribution in [3.63, 3.8) is 0 Å². The molecule has 10 rings (SSSR count). The molecule has 0 atom stereocenters. The van der Waals surface area contributed by atoms with Crippen LogP contribution in [0.1, 0.15) is 49.9 Å². The minimum atomic E-state index is -0.131. The second-order valence-electron chi connectivity index (χ2n) is 14.9. The summed E-state index contributed by atoms with van der Waals surface area (Å²) in [7, 11) is 0. The molecule has 2 aliphatic rings. The van der Waals surface area contributed by atoms with E-state index in [0.29, 0.717) is 0 Å². The second kappa shape index (κ2) is 10.3. The molecule has 0 unspecified atom stereocenters. The average Bonchev–Trinajstić information content (AvgIpc) is 3.73. The molecule has 7 aromatic carbocycles. The van der Waals surface area contributed by atoms with Crippen molar-refractivity contribution in [1.29, 1.82) is 0 Å². The molecule has 0 aliphatic heterocycles. The van der Waals surface area contributed by atoms with E-state index in [2.05, 4.69) is 178 Å². The van der Waals surface area contributed by atoms with Crippen LogP contribution < -0.4 is 4.90 Å². The minimum Gasteiger partial charge on any atom is -0.454 e. The smallest absolute Gasteiger partial charge is 0.159 e. The van der Waals surface area contributed by atoms with Crippen molar-refractivity contribution in [2.45, 2.75) is 38.5 Å². The molecular formula is C48H37NO. The quantitative estimate of drug-likeness (QED) is 0.190. The zero-order chi connectivity index (χ0) is 33.8. The normalized spacial score (nSPS) is 14.7. The largest absolute Gasteiger partial charge is 0.454 e. The Kier molecular flexibility index (Phi) is 6.01. The van der Waals surface area contributed by atoms with Crippen molar-refractivity contribution >= 4 is 39.0 Å². The van der Waals surface area contributed by atoms with Gasteiger partial charge in [0, 0.05) is 32.9 Å². The molecule has 1 heterocycles. The Hall–Kier alpha value is -5.86. The molecule has 50 heavy (non-hydrogen) atoms. The maximum Gasteiger partial charge on any atom is 0.159 e. The van der Waals surface area contributed by atoms with Crippen molar-refractivity contribution in [1.82, 2.24) is 0 Å². The molecular weight excluding hydrogens is 607 g/mol. The second-order valence-corrected chi connectivity index (χ2v) is 14.9. The summed E-state index contributed by atoms with van der Waals surface area (Å²) < 4.78 is 6.74. The molecule has 0 fully saturated rings. The molecule has 8 aromatic rings. The summed E-state index contributed by atoms with van der Waals surface area (Å²) in [6.07, 6.45) is 0. The lowest BCUT2D eigenvalue weighted by molar-refractivity contribution is 0.660. The highest BCUT2D eigenvalue weighted by atomic mass is 16.3. The minimum absolute atomic E-state index is 0.0863. The average molecular weight is 644 g/mol. The molecule has 0 saturated carbocycles. The number of hydrogen-bond donors (Lipinski definition) is 0. The molecule has 0 saturated heterocycles. The van der Waals surface area contributed by atoms with E-state index in [1.54, 1.807) is 0 Å². The zero-order valence-corrected chi connectivity index (χ0v) is 28.8. The standard InChI is InChI=1S/C48H37NO/c1-47(2)39-22-10-6-18-37(39)45-35(19-13-23-40(45)47)33-16-7-11-24-42(33)49(43-25-14-20-36-34-17-8-12-26-44(34)50-46(36)43)30-27-28-32-31-15-5-9-21-38(31)48(3,4)41(32)29-30/h5-29H,1-4H3. The number of anilines is 3. The lowest BCUT2D eigenvalue weighted by Gasteiger charge is -2.30. The van der Waals surface area contributed by atoms with Gasteiger partial charge in [-0.1, -0.05) is 149 Å². The van der Waals surface area contributed by atoms with E-state index in [1.165, 1.54) is 55.6 Å². The van der Waals surface area contributed by atoms with Crippen LogP contribution in [0.15, 0.2) is 156 Å². The summed E-state index contributed by atoms with van der Waals surface area (Å²) in [5, 5.41) is 2.24. The summed E-state index contributed by atoms with van der Waals surface area (Å²) in [6.45, 7) is 9.41. The summed E-state index contributed by atoms with van der Waals surface area (Å²) >= 11 is 0. The van der Waals surface area contributed by atoms with Crippen LogP contribution in [0.4, 0.5) is 17.1 Å². The van der Waals surface area contributed by atoms with Gasteiger partial charge < -0.3 is 9.32 Å². The lowest BCUT2D eigenvalue weighted by atomic mass is 9.82. The van der Waals surface area contributed by atoms with E-state index < -0.39 is 0 Å². The number of fused-ring (bicyclic) bond motifs is 9. The van der Waals surface area contributed by atoms with Gasteiger partial charge in [0.2, 0.25) is 0 Å². The van der Waals surface area contributed by atoms with Crippen LogP contribution in [0.5, 0.6) is 0 Å². The van der Waals surface area contributed by atoms with Gasteiger partial charge in [-0.3, -0.25) is 0 Å². The lowest BCUT2D eigenvalue weighted by Crippen LogP contribution is -2.17. The first kappa shape index (κ1) is 29.1. The predicted molar refractivity (Wildman–Crippen MR) is 209 cm³/mol. The molecule has 0 N–H and O–H groups in total. The van der Waals surface area contributed by atoms with Crippen molar-refractivity contribution in [3.05, 3.63) is 174 Å². The van der Waals surface area contributed by atoms with Crippen LogP contribution in [-0.2, 0) is 10.8 Å². The third-order valence-corrected chi connectivity index (χ3v) is 11.5. The van der Waals surface area contributed by atoms with Crippen LogP contribution >= 0.6 is 0 Å². The highest BCUT2D eigenvalue weighted by molar-refractivity contribution is 6.11. The molecule has 0 radical (unpaired) electrons. The zero-order valence-electron chi connectivity index (χ0n) is 28.8. The van der Waals surface area contributed by atoms with E-state index in [-0.39, 0.29) is 10.8 Å². The third kappa shape index (κ3) is 3.91. The van der Waals surface area contributed by atoms with Crippen LogP contribution in [-0.4, -0.2) is 0 Å². The van der Waals surface area contributed by atoms with Gasteiger partial charge in [0.05, 0.1) is 11.4 Å². The Balaban J connectivity index is 1.26. The number of rotatable bonds is 4. The summed E-state index contributed by atoms with van der Waals surface area (Å²) in [4.78, 5) is 2.44. The first-order chi connectivity index (χ1) is 24.3. The molecule has 2 nitrogen and oxygen atoms in total. The number of furan rings is 1. The molecule has 240 valence electrons. The van der Waals surface area contributed by atoms with Crippen molar-refractivity contribution < 1.29 is 4.42 Å². The van der Waals surface area contributed by atoms with Gasteiger partial charge in [0.25, 0.3) is 0 Å². The molecule has 0 bridgehead atoms. The van der Waals surface area contributed by atoms with Crippen molar-refractivity contribution in [2.24, 2.45) is 0 Å². The van der Waals surface area contributed by atoms with Gasteiger partial charge in [-0.25, -0.2) is 0 Å². The fraction of sp³-hybridized carbons (Fsp3) is 0.125. The van der Waals surface area contributed by atoms with Crippen LogP contribution in [0, 0.1) is 0 Å². The Morgan fingerprint density at radius 3 is 1.82 bits per heavy atom. The Bertz CT molecular complexity index is 2670. The topological polar surface area (TPSA) is 16.4 Å². The molecule has 1 aromatic heterocycles. The molecule has 2 heteroatoms. The Morgan fingerprint density at radius 1 is 0.420 bits per heavy atom. The Morgan fingerprint density at radius 2 is 0.980 bits per heavy atom. The predicted octanol–water partition coefficient (Wildman–Crippen LogP) is 13.3. The highest BCUT2D eigenvalue weighted by Crippen LogP contribution is 2.55. The first-order valence-electron chi connectivity index (χ1n) is 17.6. The Labute approximate surface area is 293 Å². The van der Waals surface area contributed by atoms with E-state index in [0.717, 1.165) is 39.0 Å². The van der Waals surface area contributed by atoms with E-state index in [9.17, 15) is 0 Å². The monoisotopic (exact) mass is 643 g/mol. The van der Waals surface area contributed by atoms with Crippen LogP contribution in [0.2, 0.25) is 0 Å². The van der Waals surface area contributed by atoms with Gasteiger partial charge in [-0.15, -0.1) is 0 Å². The fourth-order valence-electron chi connectivity index (χ4n) is 9.02. The van der Waals surface area contributed by atoms with Gasteiger partial charge >= 0.3 is 0 Å². The summed E-state index contributed by atoms with van der Waals surface area (Å²) in [5.74, 6) is 0. The van der Waals surface area contributed by atoms with E-state index >= 15 is 0 Å². The maximum atomic E-state index is 6.74. The third-order valence-electron chi connectivity index (χ3n) is 11.5. The van der Waals surface area contributed by atoms with Crippen LogP contribution in [0.3, 0.4) is 0 Å². The highest BCUT2D eigenvalue weighted by Gasteiger charge is 2.38. The number of para-hydroxylation sites is 3. The van der Waals surface area contributed by atoms with Gasteiger partial charge in [0.1, 0.15) is 5.58 Å². The van der Waals surface area contributed by atoms with E-state index in [4.69, 9.17) is 4.42 Å². The fourth-order valence-corrected chi connectivity index (χ4v) is 9.02. The maximum absolute atomic E-state index is 6.74. The molecule has 0 spiro atoms. The van der Waals surface area contributed by atoms with Crippen LogP contribution in [0.25, 0.3) is 55.3 Å². The number of benzene rings is 7. The molecule has 2 aliphatic carbocycles. The summed E-state index contributed by atoms with van der Waals surface area (Å²) in [5.41, 5.74) is 18.0.